The summed E-state index contributed by atoms with van der Waals surface area (Å²) < 4.78 is 14.1. The molecule has 1 heterocycles. The van der Waals surface area contributed by atoms with Crippen LogP contribution in [-0.2, 0) is 9.59 Å². The summed E-state index contributed by atoms with van der Waals surface area (Å²) >= 11 is 4.97. The number of nitro groups is 1. The molecule has 1 aliphatic rings. The van der Waals surface area contributed by atoms with Crippen LogP contribution in [-0.4, -0.2) is 27.0 Å². The fraction of sp³-hybridized carbons (Fsp3) is 0. The first-order valence-electron chi connectivity index (χ1n) is 7.43. The lowest BCUT2D eigenvalue weighted by molar-refractivity contribution is -0.385. The number of rotatable bonds is 3. The monoisotopic (exact) mass is 387 g/mol. The average molecular weight is 387 g/mol. The van der Waals surface area contributed by atoms with Gasteiger partial charge in [0.1, 0.15) is 11.4 Å². The molecule has 0 aliphatic carbocycles. The van der Waals surface area contributed by atoms with Gasteiger partial charge in [-0.05, 0) is 42.1 Å². The summed E-state index contributed by atoms with van der Waals surface area (Å²) in [6.45, 7) is 0. The van der Waals surface area contributed by atoms with E-state index in [1.165, 1.54) is 24.3 Å². The van der Waals surface area contributed by atoms with Gasteiger partial charge in [-0.3, -0.25) is 25.0 Å². The van der Waals surface area contributed by atoms with E-state index in [4.69, 9.17) is 12.2 Å². The fourth-order valence-electron chi connectivity index (χ4n) is 2.45. The Morgan fingerprint density at radius 2 is 1.93 bits per heavy atom. The van der Waals surface area contributed by atoms with Crippen molar-refractivity contribution in [1.29, 1.82) is 0 Å². The van der Waals surface area contributed by atoms with E-state index >= 15 is 0 Å². The van der Waals surface area contributed by atoms with E-state index in [0.717, 1.165) is 29.2 Å². The van der Waals surface area contributed by atoms with Crippen molar-refractivity contribution in [2.45, 2.75) is 0 Å². The van der Waals surface area contributed by atoms with E-state index in [2.05, 4.69) is 5.32 Å². The van der Waals surface area contributed by atoms with Crippen LogP contribution in [0.25, 0.3) is 6.08 Å². The minimum absolute atomic E-state index is 0.124. The summed E-state index contributed by atoms with van der Waals surface area (Å²) in [5.74, 6) is -2.99. The lowest BCUT2D eigenvalue weighted by Crippen LogP contribution is -2.54. The molecule has 2 aromatic carbocycles. The highest BCUT2D eigenvalue weighted by Gasteiger charge is 2.35. The van der Waals surface area contributed by atoms with Crippen molar-refractivity contribution in [1.82, 2.24) is 5.32 Å². The summed E-state index contributed by atoms with van der Waals surface area (Å²) in [7, 11) is 0. The van der Waals surface area contributed by atoms with Crippen molar-refractivity contribution >= 4 is 46.6 Å². The SMILES string of the molecule is O=C1NC(=S)N(c2ccccc2F)C(=O)/C1=C\c1ccc(O)c([N+](=O)[O-])c1. The smallest absolute Gasteiger partial charge is 0.311 e. The van der Waals surface area contributed by atoms with Gasteiger partial charge in [-0.2, -0.15) is 0 Å². The largest absolute Gasteiger partial charge is 0.502 e. The molecular formula is C17H10FN3O5S. The summed E-state index contributed by atoms with van der Waals surface area (Å²) in [6, 6.07) is 8.74. The molecule has 27 heavy (non-hydrogen) atoms. The number of benzene rings is 2. The van der Waals surface area contributed by atoms with Crippen molar-refractivity contribution in [2.75, 3.05) is 4.90 Å². The van der Waals surface area contributed by atoms with Crippen molar-refractivity contribution in [3.63, 3.8) is 0 Å². The normalized spacial score (nSPS) is 15.8. The first-order chi connectivity index (χ1) is 12.8. The summed E-state index contributed by atoms with van der Waals surface area (Å²) in [6.07, 6.45) is 1.10. The summed E-state index contributed by atoms with van der Waals surface area (Å²) in [5.41, 5.74) is -1.00. The number of anilines is 1. The number of thiocarbonyl (C=S) groups is 1. The second kappa shape index (κ2) is 6.92. The van der Waals surface area contributed by atoms with Crippen LogP contribution in [0, 0.1) is 15.9 Å². The predicted molar refractivity (Wildman–Crippen MR) is 97.4 cm³/mol. The fourth-order valence-corrected chi connectivity index (χ4v) is 2.73. The van der Waals surface area contributed by atoms with Crippen LogP contribution >= 0.6 is 12.2 Å². The number of phenolic OH excluding ortho intramolecular Hbond substituents is 1. The Morgan fingerprint density at radius 3 is 2.59 bits per heavy atom. The Balaban J connectivity index is 2.06. The van der Waals surface area contributed by atoms with Gasteiger partial charge in [-0.25, -0.2) is 9.29 Å². The average Bonchev–Trinajstić information content (AvgIpc) is 2.61. The maximum atomic E-state index is 14.1. The number of nitro benzene ring substituents is 1. The number of nitrogens with one attached hydrogen (secondary N) is 1. The third kappa shape index (κ3) is 3.37. The van der Waals surface area contributed by atoms with Gasteiger partial charge in [-0.15, -0.1) is 0 Å². The highest BCUT2D eigenvalue weighted by Crippen LogP contribution is 2.29. The maximum Gasteiger partial charge on any atom is 0.311 e. The molecule has 0 unspecified atom stereocenters. The summed E-state index contributed by atoms with van der Waals surface area (Å²) in [5, 5.41) is 22.4. The van der Waals surface area contributed by atoms with Crippen molar-refractivity contribution < 1.29 is 24.0 Å². The lowest BCUT2D eigenvalue weighted by Gasteiger charge is -2.29. The molecule has 2 N–H and O–H groups in total. The minimum Gasteiger partial charge on any atom is -0.502 e. The lowest BCUT2D eigenvalue weighted by atomic mass is 10.1. The quantitative estimate of drug-likeness (QED) is 0.275. The number of hydrogen-bond acceptors (Lipinski definition) is 6. The zero-order valence-corrected chi connectivity index (χ0v) is 14.2. The third-order valence-corrected chi connectivity index (χ3v) is 3.99. The van der Waals surface area contributed by atoms with Crippen LogP contribution in [0.5, 0.6) is 5.75 Å². The van der Waals surface area contributed by atoms with E-state index in [-0.39, 0.29) is 16.4 Å². The zero-order valence-electron chi connectivity index (χ0n) is 13.4. The first-order valence-corrected chi connectivity index (χ1v) is 7.84. The van der Waals surface area contributed by atoms with E-state index in [0.29, 0.717) is 0 Å². The van der Waals surface area contributed by atoms with E-state index in [1.54, 1.807) is 0 Å². The highest BCUT2D eigenvalue weighted by atomic mass is 32.1. The molecule has 0 radical (unpaired) electrons. The standard InChI is InChI=1S/C17H10FN3O5S/c18-11-3-1-2-4-12(11)20-16(24)10(15(23)19-17(20)27)7-9-5-6-14(22)13(8-9)21(25)26/h1-8,22H,(H,19,23,27)/b10-7-. The van der Waals surface area contributed by atoms with Gasteiger partial charge in [0.2, 0.25) is 0 Å². The minimum atomic E-state index is -0.885. The molecule has 0 bridgehead atoms. The van der Waals surface area contributed by atoms with Gasteiger partial charge in [0, 0.05) is 6.07 Å². The molecule has 3 rings (SSSR count). The first kappa shape index (κ1) is 18.1. The van der Waals surface area contributed by atoms with Crippen LogP contribution in [0.2, 0.25) is 0 Å². The molecule has 1 fully saturated rings. The van der Waals surface area contributed by atoms with Crippen molar-refractivity contribution in [3.05, 3.63) is 69.5 Å². The van der Waals surface area contributed by atoms with Gasteiger partial charge in [-0.1, -0.05) is 18.2 Å². The van der Waals surface area contributed by atoms with E-state index < -0.39 is 39.6 Å². The number of amides is 2. The molecule has 2 aromatic rings. The Labute approximate surface area is 156 Å². The predicted octanol–water partition coefficient (Wildman–Crippen LogP) is 2.27. The molecule has 0 atom stereocenters. The maximum absolute atomic E-state index is 14.1. The Bertz CT molecular complexity index is 1040. The molecular weight excluding hydrogens is 377 g/mol. The van der Waals surface area contributed by atoms with E-state index in [1.807, 2.05) is 0 Å². The number of para-hydroxylation sites is 1. The topological polar surface area (TPSA) is 113 Å². The Morgan fingerprint density at radius 1 is 1.22 bits per heavy atom. The molecule has 2 amide bonds. The van der Waals surface area contributed by atoms with Crippen molar-refractivity contribution in [3.8, 4) is 5.75 Å². The van der Waals surface area contributed by atoms with Gasteiger partial charge < -0.3 is 5.11 Å². The molecule has 1 aliphatic heterocycles. The van der Waals surface area contributed by atoms with Gasteiger partial charge in [0.05, 0.1) is 10.6 Å². The van der Waals surface area contributed by atoms with Crippen LogP contribution in [0.1, 0.15) is 5.56 Å². The number of carbonyl (C=O) groups excluding carboxylic acids is 2. The van der Waals surface area contributed by atoms with Crippen LogP contribution in [0.4, 0.5) is 15.8 Å². The van der Waals surface area contributed by atoms with Crippen molar-refractivity contribution in [2.24, 2.45) is 0 Å². The molecule has 8 nitrogen and oxygen atoms in total. The molecule has 0 spiro atoms. The molecule has 0 saturated carbocycles. The second-order valence-corrected chi connectivity index (χ2v) is 5.80. The number of aromatic hydroxyl groups is 1. The Kier molecular flexibility index (Phi) is 4.65. The van der Waals surface area contributed by atoms with Crippen LogP contribution < -0.4 is 10.2 Å². The Hall–Kier alpha value is -3.66. The number of halogens is 1. The second-order valence-electron chi connectivity index (χ2n) is 5.41. The third-order valence-electron chi connectivity index (χ3n) is 3.70. The van der Waals surface area contributed by atoms with Gasteiger partial charge >= 0.3 is 5.69 Å². The molecule has 0 aromatic heterocycles. The number of phenols is 1. The summed E-state index contributed by atoms with van der Waals surface area (Å²) in [4.78, 5) is 35.9. The highest BCUT2D eigenvalue weighted by molar-refractivity contribution is 7.80. The van der Waals surface area contributed by atoms with Crippen LogP contribution in [0.15, 0.2) is 48.0 Å². The van der Waals surface area contributed by atoms with Crippen LogP contribution in [0.3, 0.4) is 0 Å². The number of nitrogens with zero attached hydrogens (tertiary/aromatic N) is 2. The zero-order chi connectivity index (χ0) is 19.7. The number of carbonyl (C=O) groups is 2. The molecule has 10 heteroatoms. The van der Waals surface area contributed by atoms with Gasteiger partial charge in [0.25, 0.3) is 11.8 Å². The molecule has 1 saturated heterocycles. The molecule has 136 valence electrons. The van der Waals surface area contributed by atoms with E-state index in [9.17, 15) is 29.2 Å². The van der Waals surface area contributed by atoms with Gasteiger partial charge in [0.15, 0.2) is 10.9 Å². The number of hydrogen-bond donors (Lipinski definition) is 2.